The van der Waals surface area contributed by atoms with Crippen molar-refractivity contribution in [2.75, 3.05) is 7.11 Å². The van der Waals surface area contributed by atoms with E-state index in [1.807, 2.05) is 0 Å². The monoisotopic (exact) mass is 381 g/mol. The minimum absolute atomic E-state index is 0.0242. The average molecular weight is 381 g/mol. The Morgan fingerprint density at radius 3 is 2.19 bits per heavy atom. The number of aliphatic hydroxyl groups excluding tert-OH is 1. The van der Waals surface area contributed by atoms with Crippen LogP contribution < -0.4 is 5.32 Å². The van der Waals surface area contributed by atoms with E-state index in [0.717, 1.165) is 29.8 Å². The molecule has 144 valence electrons. The third kappa shape index (κ3) is 5.55. The molecular weight excluding hydrogens is 363 g/mol. The van der Waals surface area contributed by atoms with Crippen LogP contribution in [-0.2, 0) is 26.9 Å². The normalized spacial score (nSPS) is 13.5. The van der Waals surface area contributed by atoms with Crippen molar-refractivity contribution in [1.82, 2.24) is 5.32 Å². The Balaban J connectivity index is 2.10. The smallest absolute Gasteiger partial charge is 0.416 e. The summed E-state index contributed by atoms with van der Waals surface area (Å²) in [6, 6.07) is 11.4. The van der Waals surface area contributed by atoms with Crippen LogP contribution in [-0.4, -0.2) is 30.1 Å². The first-order valence-corrected chi connectivity index (χ1v) is 7.99. The molecule has 0 bridgehead atoms. The van der Waals surface area contributed by atoms with Crippen molar-refractivity contribution in [1.29, 1.82) is 0 Å². The zero-order chi connectivity index (χ0) is 20.0. The van der Waals surface area contributed by atoms with E-state index in [2.05, 4.69) is 10.1 Å². The number of methoxy groups -OCH3 is 1. The van der Waals surface area contributed by atoms with Crippen LogP contribution >= 0.6 is 0 Å². The lowest BCUT2D eigenvalue weighted by Gasteiger charge is -2.19. The van der Waals surface area contributed by atoms with Gasteiger partial charge in [0.2, 0.25) is 0 Å². The van der Waals surface area contributed by atoms with Gasteiger partial charge in [0.05, 0.1) is 12.7 Å². The molecule has 0 fully saturated rings. The maximum atomic E-state index is 12.6. The summed E-state index contributed by atoms with van der Waals surface area (Å²) in [7, 11) is 1.17. The largest absolute Gasteiger partial charge is 0.467 e. The molecular formula is C19H18F3NO4. The number of benzene rings is 2. The fraction of sp³-hybridized carbons (Fsp3) is 0.263. The lowest BCUT2D eigenvalue weighted by molar-refractivity contribution is -0.146. The molecule has 0 heterocycles. The van der Waals surface area contributed by atoms with E-state index in [9.17, 15) is 27.9 Å². The summed E-state index contributed by atoms with van der Waals surface area (Å²) in [5, 5.41) is 12.5. The summed E-state index contributed by atoms with van der Waals surface area (Å²) in [5.74, 6) is -1.62. The number of hydrogen-bond donors (Lipinski definition) is 2. The third-order valence-corrected chi connectivity index (χ3v) is 3.89. The van der Waals surface area contributed by atoms with E-state index in [1.165, 1.54) is 7.11 Å². The Morgan fingerprint density at radius 2 is 1.67 bits per heavy atom. The number of carbonyl (C=O) groups excluding carboxylic acids is 2. The number of nitrogens with one attached hydrogen (secondary N) is 1. The first kappa shape index (κ1) is 20.4. The Bertz CT molecular complexity index is 776. The van der Waals surface area contributed by atoms with Crippen LogP contribution in [0.3, 0.4) is 0 Å². The molecule has 2 N–H and O–H groups in total. The first-order chi connectivity index (χ1) is 12.7. The lowest BCUT2D eigenvalue weighted by atomic mass is 10.0. The highest BCUT2D eigenvalue weighted by atomic mass is 19.4. The van der Waals surface area contributed by atoms with Gasteiger partial charge in [-0.2, -0.15) is 13.2 Å². The molecule has 8 heteroatoms. The van der Waals surface area contributed by atoms with Gasteiger partial charge in [0.1, 0.15) is 6.04 Å². The van der Waals surface area contributed by atoms with Gasteiger partial charge < -0.3 is 15.2 Å². The molecule has 2 aromatic rings. The number of halogens is 3. The molecule has 0 saturated carbocycles. The van der Waals surface area contributed by atoms with Gasteiger partial charge in [0, 0.05) is 6.42 Å². The molecule has 0 saturated heterocycles. The molecule has 0 aliphatic heterocycles. The van der Waals surface area contributed by atoms with Gasteiger partial charge in [-0.1, -0.05) is 42.5 Å². The van der Waals surface area contributed by atoms with Crippen molar-refractivity contribution in [3.8, 4) is 0 Å². The number of alkyl halides is 3. The van der Waals surface area contributed by atoms with Crippen LogP contribution in [0.5, 0.6) is 0 Å². The van der Waals surface area contributed by atoms with Crippen LogP contribution in [0.1, 0.15) is 22.8 Å². The van der Waals surface area contributed by atoms with Crippen LogP contribution in [0.25, 0.3) is 0 Å². The van der Waals surface area contributed by atoms with Gasteiger partial charge >= 0.3 is 12.1 Å². The quantitative estimate of drug-likeness (QED) is 0.755. The van der Waals surface area contributed by atoms with Gasteiger partial charge in [-0.25, -0.2) is 4.79 Å². The lowest BCUT2D eigenvalue weighted by Crippen LogP contribution is -2.45. The van der Waals surface area contributed by atoms with E-state index >= 15 is 0 Å². The minimum Gasteiger partial charge on any atom is -0.467 e. The summed E-state index contributed by atoms with van der Waals surface area (Å²) in [6.45, 7) is 0. The van der Waals surface area contributed by atoms with Crippen LogP contribution in [0.2, 0.25) is 0 Å². The van der Waals surface area contributed by atoms with E-state index in [1.54, 1.807) is 30.3 Å². The summed E-state index contributed by atoms with van der Waals surface area (Å²) in [6.07, 6.45) is -6.11. The van der Waals surface area contributed by atoms with E-state index < -0.39 is 35.8 Å². The molecule has 27 heavy (non-hydrogen) atoms. The molecule has 0 radical (unpaired) electrons. The van der Waals surface area contributed by atoms with E-state index in [0.29, 0.717) is 0 Å². The predicted octanol–water partition coefficient (Wildman–Crippen LogP) is 2.64. The van der Waals surface area contributed by atoms with Crippen molar-refractivity contribution in [2.24, 2.45) is 0 Å². The van der Waals surface area contributed by atoms with E-state index in [4.69, 9.17) is 0 Å². The third-order valence-electron chi connectivity index (χ3n) is 3.89. The van der Waals surface area contributed by atoms with E-state index in [-0.39, 0.29) is 12.0 Å². The molecule has 2 aromatic carbocycles. The minimum atomic E-state index is -4.52. The summed E-state index contributed by atoms with van der Waals surface area (Å²) >= 11 is 0. The Hall–Kier alpha value is -2.87. The zero-order valence-corrected chi connectivity index (χ0v) is 14.4. The second-order valence-corrected chi connectivity index (χ2v) is 5.80. The highest BCUT2D eigenvalue weighted by Crippen LogP contribution is 2.30. The fourth-order valence-corrected chi connectivity index (χ4v) is 2.44. The predicted molar refractivity (Wildman–Crippen MR) is 90.5 cm³/mol. The standard InChI is InChI=1S/C19H18F3NO4/c1-27-18(26)15(11-12-5-3-2-4-6-12)23-17(25)16(24)13-7-9-14(10-8-13)19(20,21)22/h2-10,15-16,24H,11H2,1H3,(H,23,25)/t15-,16+/m0/s1. The molecule has 0 unspecified atom stereocenters. The molecule has 0 aromatic heterocycles. The molecule has 0 aliphatic carbocycles. The Kier molecular flexibility index (Phi) is 6.57. The molecule has 2 atom stereocenters. The van der Waals surface area contributed by atoms with Crippen molar-refractivity contribution in [2.45, 2.75) is 24.7 Å². The van der Waals surface area contributed by atoms with Crippen LogP contribution in [0, 0.1) is 0 Å². The summed E-state index contributed by atoms with van der Waals surface area (Å²) in [4.78, 5) is 24.2. The molecule has 0 aliphatic rings. The fourth-order valence-electron chi connectivity index (χ4n) is 2.44. The molecule has 5 nitrogen and oxygen atoms in total. The highest BCUT2D eigenvalue weighted by Gasteiger charge is 2.31. The SMILES string of the molecule is COC(=O)[C@H](Cc1ccccc1)NC(=O)[C@H](O)c1ccc(C(F)(F)F)cc1. The van der Waals surface area contributed by atoms with Crippen molar-refractivity contribution < 1.29 is 32.6 Å². The van der Waals surface area contributed by atoms with Crippen molar-refractivity contribution >= 4 is 11.9 Å². The highest BCUT2D eigenvalue weighted by molar-refractivity contribution is 5.87. The Labute approximate surface area is 153 Å². The number of rotatable bonds is 6. The van der Waals surface area contributed by atoms with Gasteiger partial charge in [0.25, 0.3) is 5.91 Å². The number of esters is 1. The van der Waals surface area contributed by atoms with Crippen LogP contribution in [0.4, 0.5) is 13.2 Å². The summed E-state index contributed by atoms with van der Waals surface area (Å²) in [5.41, 5.74) is -0.156. The number of ether oxygens (including phenoxy) is 1. The maximum absolute atomic E-state index is 12.6. The van der Waals surface area contributed by atoms with Gasteiger partial charge in [0.15, 0.2) is 6.10 Å². The van der Waals surface area contributed by atoms with Gasteiger partial charge in [-0.05, 0) is 23.3 Å². The number of aliphatic hydroxyl groups is 1. The second kappa shape index (κ2) is 8.68. The number of hydrogen-bond acceptors (Lipinski definition) is 4. The van der Waals surface area contributed by atoms with Crippen LogP contribution in [0.15, 0.2) is 54.6 Å². The zero-order valence-electron chi connectivity index (χ0n) is 14.4. The molecule has 2 rings (SSSR count). The topological polar surface area (TPSA) is 75.6 Å². The number of amides is 1. The summed E-state index contributed by atoms with van der Waals surface area (Å²) < 4.78 is 42.4. The maximum Gasteiger partial charge on any atom is 0.416 e. The number of carbonyl (C=O) groups is 2. The van der Waals surface area contributed by atoms with Gasteiger partial charge in [-0.3, -0.25) is 4.79 Å². The second-order valence-electron chi connectivity index (χ2n) is 5.80. The first-order valence-electron chi connectivity index (χ1n) is 7.99. The van der Waals surface area contributed by atoms with Gasteiger partial charge in [-0.15, -0.1) is 0 Å². The average Bonchev–Trinajstić information content (AvgIpc) is 2.66. The molecule has 1 amide bonds. The van der Waals surface area contributed by atoms with Crippen molar-refractivity contribution in [3.05, 3.63) is 71.3 Å². The Morgan fingerprint density at radius 1 is 1.07 bits per heavy atom. The van der Waals surface area contributed by atoms with Crippen molar-refractivity contribution in [3.63, 3.8) is 0 Å². The molecule has 0 spiro atoms.